The number of amides is 1. The molecule has 7 nitrogen and oxygen atoms in total. The van der Waals surface area contributed by atoms with Gasteiger partial charge >= 0.3 is 0 Å². The fraction of sp³-hybridized carbons (Fsp3) is 0.300. The number of carbonyl (C=O) groups excluding carboxylic acids is 1. The third kappa shape index (κ3) is 3.92. The Bertz CT molecular complexity index is 1170. The van der Waals surface area contributed by atoms with Crippen LogP contribution in [0.2, 0.25) is 0 Å². The molecule has 3 aromatic rings. The molecular weight excluding hydrogens is 410 g/mol. The number of methoxy groups -OCH3 is 1. The van der Waals surface area contributed by atoms with Gasteiger partial charge in [-0.3, -0.25) is 4.79 Å². The van der Waals surface area contributed by atoms with Crippen LogP contribution in [0.1, 0.15) is 10.4 Å². The molecule has 9 heteroatoms. The Hall–Kier alpha value is -2.65. The number of fused-ring (bicyclic) bond motifs is 1. The lowest BCUT2D eigenvalue weighted by Gasteiger charge is -2.34. The number of anilines is 1. The van der Waals surface area contributed by atoms with Crippen LogP contribution < -0.4 is 9.64 Å². The maximum Gasteiger partial charge on any atom is 0.254 e. The molecule has 0 unspecified atom stereocenters. The number of hydrogen-bond acceptors (Lipinski definition) is 7. The third-order valence-electron chi connectivity index (χ3n) is 4.92. The molecule has 152 valence electrons. The van der Waals surface area contributed by atoms with Gasteiger partial charge in [-0.05, 0) is 30.3 Å². The molecule has 4 rings (SSSR count). The Morgan fingerprint density at radius 1 is 1.10 bits per heavy atom. The first-order valence-electron chi connectivity index (χ1n) is 9.15. The molecule has 1 fully saturated rings. The minimum atomic E-state index is -3.34. The SMILES string of the molecule is COc1cccc(C(=O)N2CCN(c3nc4c(S(C)(=O)=O)cccc4s3)CC2)c1. The summed E-state index contributed by atoms with van der Waals surface area (Å²) in [6, 6.07) is 12.4. The van der Waals surface area contributed by atoms with Crippen molar-refractivity contribution in [3.05, 3.63) is 48.0 Å². The molecular formula is C20H21N3O4S2. The van der Waals surface area contributed by atoms with Crippen molar-refractivity contribution >= 4 is 42.4 Å². The number of thiazole rings is 1. The summed E-state index contributed by atoms with van der Waals surface area (Å²) < 4.78 is 30.1. The number of hydrogen-bond donors (Lipinski definition) is 0. The predicted octanol–water partition coefficient (Wildman–Crippen LogP) is 2.67. The van der Waals surface area contributed by atoms with Gasteiger partial charge in [-0.1, -0.05) is 23.5 Å². The van der Waals surface area contributed by atoms with Gasteiger partial charge in [0.05, 0.1) is 16.7 Å². The molecule has 2 heterocycles. The summed E-state index contributed by atoms with van der Waals surface area (Å²) in [5.41, 5.74) is 1.13. The van der Waals surface area contributed by atoms with Gasteiger partial charge in [-0.25, -0.2) is 13.4 Å². The Morgan fingerprint density at radius 3 is 2.52 bits per heavy atom. The molecule has 1 aromatic heterocycles. The first-order valence-corrected chi connectivity index (χ1v) is 11.9. The number of piperazine rings is 1. The van der Waals surface area contributed by atoms with Crippen molar-refractivity contribution < 1.29 is 17.9 Å². The topological polar surface area (TPSA) is 79.8 Å². The number of ether oxygens (including phenoxy) is 1. The maximum absolute atomic E-state index is 12.8. The molecule has 0 bridgehead atoms. The molecule has 0 atom stereocenters. The Labute approximate surface area is 173 Å². The molecule has 0 aliphatic carbocycles. The van der Waals surface area contributed by atoms with Crippen LogP contribution in [0, 0.1) is 0 Å². The highest BCUT2D eigenvalue weighted by molar-refractivity contribution is 7.91. The highest BCUT2D eigenvalue weighted by atomic mass is 32.2. The number of carbonyl (C=O) groups is 1. The van der Waals surface area contributed by atoms with Crippen LogP contribution in [0.15, 0.2) is 47.4 Å². The quantitative estimate of drug-likeness (QED) is 0.632. The van der Waals surface area contributed by atoms with Gasteiger partial charge in [0, 0.05) is 38.0 Å². The summed E-state index contributed by atoms with van der Waals surface area (Å²) in [5, 5.41) is 0.782. The maximum atomic E-state index is 12.8. The lowest BCUT2D eigenvalue weighted by atomic mass is 10.1. The summed E-state index contributed by atoms with van der Waals surface area (Å²) in [4.78, 5) is 21.6. The number of rotatable bonds is 4. The van der Waals surface area contributed by atoms with Gasteiger partial charge in [0.2, 0.25) is 0 Å². The van der Waals surface area contributed by atoms with E-state index in [0.29, 0.717) is 43.0 Å². The fourth-order valence-corrected chi connectivity index (χ4v) is 5.33. The van der Waals surface area contributed by atoms with Gasteiger partial charge < -0.3 is 14.5 Å². The lowest BCUT2D eigenvalue weighted by molar-refractivity contribution is 0.0746. The average molecular weight is 432 g/mol. The summed E-state index contributed by atoms with van der Waals surface area (Å²) in [5.74, 6) is 0.637. The Morgan fingerprint density at radius 2 is 1.83 bits per heavy atom. The van der Waals surface area contributed by atoms with E-state index in [1.807, 2.05) is 23.1 Å². The van der Waals surface area contributed by atoms with E-state index in [9.17, 15) is 13.2 Å². The van der Waals surface area contributed by atoms with Crippen LogP contribution in [0.25, 0.3) is 10.2 Å². The number of aromatic nitrogens is 1. The van der Waals surface area contributed by atoms with E-state index in [2.05, 4.69) is 9.88 Å². The van der Waals surface area contributed by atoms with E-state index in [4.69, 9.17) is 4.74 Å². The van der Waals surface area contributed by atoms with Crippen LogP contribution in [0.4, 0.5) is 5.13 Å². The second-order valence-electron chi connectivity index (χ2n) is 6.88. The molecule has 0 spiro atoms. The zero-order valence-electron chi connectivity index (χ0n) is 16.2. The smallest absolute Gasteiger partial charge is 0.254 e. The van der Waals surface area contributed by atoms with Crippen LogP contribution in [0.5, 0.6) is 5.75 Å². The van der Waals surface area contributed by atoms with Gasteiger partial charge in [0.15, 0.2) is 15.0 Å². The Balaban J connectivity index is 1.50. The largest absolute Gasteiger partial charge is 0.497 e. The molecule has 1 aliphatic heterocycles. The molecule has 0 saturated carbocycles. The van der Waals surface area contributed by atoms with Crippen molar-refractivity contribution in [3.8, 4) is 5.75 Å². The molecule has 2 aromatic carbocycles. The Kier molecular flexibility index (Phi) is 5.18. The average Bonchev–Trinajstić information content (AvgIpc) is 3.17. The van der Waals surface area contributed by atoms with Gasteiger partial charge in [0.25, 0.3) is 5.91 Å². The molecule has 0 N–H and O–H groups in total. The van der Waals surface area contributed by atoms with Gasteiger partial charge in [-0.2, -0.15) is 0 Å². The zero-order valence-corrected chi connectivity index (χ0v) is 17.8. The monoisotopic (exact) mass is 431 g/mol. The number of nitrogens with zero attached hydrogens (tertiary/aromatic N) is 3. The number of benzene rings is 2. The van der Waals surface area contributed by atoms with E-state index in [1.165, 1.54) is 17.6 Å². The first-order chi connectivity index (χ1) is 13.9. The summed E-state index contributed by atoms with van der Waals surface area (Å²) in [6.07, 6.45) is 1.20. The highest BCUT2D eigenvalue weighted by Crippen LogP contribution is 2.33. The normalized spacial score (nSPS) is 15.0. The molecule has 1 amide bonds. The second kappa shape index (κ2) is 7.64. The van der Waals surface area contributed by atoms with Crippen LogP contribution >= 0.6 is 11.3 Å². The molecule has 29 heavy (non-hydrogen) atoms. The van der Waals surface area contributed by atoms with Crippen LogP contribution in [-0.4, -0.2) is 63.8 Å². The lowest BCUT2D eigenvalue weighted by Crippen LogP contribution is -2.48. The zero-order chi connectivity index (χ0) is 20.6. The second-order valence-corrected chi connectivity index (χ2v) is 9.88. The molecule has 0 radical (unpaired) electrons. The summed E-state index contributed by atoms with van der Waals surface area (Å²) in [6.45, 7) is 2.43. The first kappa shape index (κ1) is 19.7. The standard InChI is InChI=1S/C20H21N3O4S2/c1-27-15-6-3-5-14(13-15)19(24)22-9-11-23(12-10-22)20-21-18-16(28-20)7-4-8-17(18)29(2,25)26/h3-8,13H,9-12H2,1-2H3. The summed E-state index contributed by atoms with van der Waals surface area (Å²) >= 11 is 1.48. The van der Waals surface area contributed by atoms with E-state index in [0.717, 1.165) is 9.83 Å². The fourth-order valence-electron chi connectivity index (χ4n) is 3.39. The van der Waals surface area contributed by atoms with E-state index < -0.39 is 9.84 Å². The minimum absolute atomic E-state index is 0.0211. The summed E-state index contributed by atoms with van der Waals surface area (Å²) in [7, 11) is -1.76. The van der Waals surface area contributed by atoms with Gasteiger partial charge in [0.1, 0.15) is 11.3 Å². The van der Waals surface area contributed by atoms with Crippen molar-refractivity contribution in [1.82, 2.24) is 9.88 Å². The third-order valence-corrected chi connectivity index (χ3v) is 7.13. The molecule has 1 aliphatic rings. The molecule has 1 saturated heterocycles. The van der Waals surface area contributed by atoms with Crippen molar-refractivity contribution in [3.63, 3.8) is 0 Å². The van der Waals surface area contributed by atoms with Gasteiger partial charge in [-0.15, -0.1) is 0 Å². The van der Waals surface area contributed by atoms with E-state index >= 15 is 0 Å². The van der Waals surface area contributed by atoms with E-state index in [1.54, 1.807) is 31.4 Å². The number of sulfone groups is 1. The van der Waals surface area contributed by atoms with Crippen LogP contribution in [-0.2, 0) is 9.84 Å². The van der Waals surface area contributed by atoms with Crippen molar-refractivity contribution in [2.75, 3.05) is 44.4 Å². The highest BCUT2D eigenvalue weighted by Gasteiger charge is 2.25. The van der Waals surface area contributed by atoms with Crippen molar-refractivity contribution in [1.29, 1.82) is 0 Å². The number of para-hydroxylation sites is 1. The van der Waals surface area contributed by atoms with Crippen molar-refractivity contribution in [2.24, 2.45) is 0 Å². The van der Waals surface area contributed by atoms with E-state index in [-0.39, 0.29) is 10.8 Å². The minimum Gasteiger partial charge on any atom is -0.497 e. The van der Waals surface area contributed by atoms with Crippen LogP contribution in [0.3, 0.4) is 0 Å². The van der Waals surface area contributed by atoms with Crippen molar-refractivity contribution in [2.45, 2.75) is 4.90 Å². The predicted molar refractivity (Wildman–Crippen MR) is 114 cm³/mol.